The van der Waals surface area contributed by atoms with Crippen LogP contribution in [0.1, 0.15) is 31.0 Å². The molecular weight excluding hydrogens is 380 g/mol. The van der Waals surface area contributed by atoms with E-state index in [1.165, 1.54) is 0 Å². The van der Waals surface area contributed by atoms with Crippen LogP contribution in [-0.4, -0.2) is 33.8 Å². The van der Waals surface area contributed by atoms with Gasteiger partial charge in [-0.15, -0.1) is 0 Å². The number of rotatable bonds is 6. The number of para-hydroxylation sites is 2. The minimum Gasteiger partial charge on any atom is -0.503 e. The van der Waals surface area contributed by atoms with Gasteiger partial charge in [0.15, 0.2) is 11.5 Å². The monoisotopic (exact) mass is 404 g/mol. The molecule has 0 saturated heterocycles. The molecule has 2 aromatic carbocycles. The number of benzene rings is 2. The van der Waals surface area contributed by atoms with Crippen molar-refractivity contribution in [1.82, 2.24) is 9.88 Å². The molecule has 0 radical (unpaired) electrons. The molecule has 1 amide bonds. The lowest BCUT2D eigenvalue weighted by molar-refractivity contribution is -0.130. The molecule has 1 atom stereocenters. The van der Waals surface area contributed by atoms with Crippen molar-refractivity contribution in [2.45, 2.75) is 26.4 Å². The predicted octanol–water partition coefficient (Wildman–Crippen LogP) is 4.30. The molecule has 1 aromatic heterocycles. The summed E-state index contributed by atoms with van der Waals surface area (Å²) in [5.41, 5.74) is 2.63. The number of Topliss-reactive ketones (excluding diaryl/α,β-unsaturated/α-hetero) is 1. The largest absolute Gasteiger partial charge is 0.503 e. The minimum absolute atomic E-state index is 0.148. The highest BCUT2D eigenvalue weighted by molar-refractivity contribution is 6.10. The van der Waals surface area contributed by atoms with E-state index in [0.29, 0.717) is 5.75 Å². The van der Waals surface area contributed by atoms with Gasteiger partial charge in [-0.05, 0) is 12.1 Å². The topological polar surface area (TPSA) is 82.6 Å². The first-order valence-electron chi connectivity index (χ1n) is 9.90. The molecule has 154 valence electrons. The van der Waals surface area contributed by atoms with Gasteiger partial charge in [0.05, 0.1) is 25.3 Å². The van der Waals surface area contributed by atoms with Crippen LogP contribution in [0.5, 0.6) is 5.75 Å². The van der Waals surface area contributed by atoms with E-state index in [0.717, 1.165) is 22.0 Å². The zero-order chi connectivity index (χ0) is 21.4. The number of nitrogens with one attached hydrogen (secondary N) is 1. The molecule has 3 aromatic rings. The number of aromatic amines is 1. The second-order valence-corrected chi connectivity index (χ2v) is 7.72. The van der Waals surface area contributed by atoms with E-state index in [4.69, 9.17) is 4.74 Å². The Bertz CT molecular complexity index is 1160. The molecular formula is C24H24N2O4. The Morgan fingerprint density at radius 3 is 2.60 bits per heavy atom. The Labute approximate surface area is 174 Å². The standard InChI is InChI=1S/C24H24N2O4/c1-14(2)22(27)20-21(17-12-25-18-10-6-5-9-16(17)18)26(24(29)23(20)28)13-15-8-4-7-11-19(15)30-3/h4-12,14,21,25,28H,13H2,1-3H3. The summed E-state index contributed by atoms with van der Waals surface area (Å²) in [5.74, 6) is -0.974. The molecule has 0 spiro atoms. The van der Waals surface area contributed by atoms with Crippen molar-refractivity contribution >= 4 is 22.6 Å². The van der Waals surface area contributed by atoms with Crippen molar-refractivity contribution in [3.63, 3.8) is 0 Å². The van der Waals surface area contributed by atoms with E-state index < -0.39 is 17.7 Å². The molecule has 6 heteroatoms. The Hall–Kier alpha value is -3.54. The first kappa shape index (κ1) is 19.8. The summed E-state index contributed by atoms with van der Waals surface area (Å²) in [6.07, 6.45) is 1.81. The van der Waals surface area contributed by atoms with Gasteiger partial charge >= 0.3 is 0 Å². The number of aromatic nitrogens is 1. The van der Waals surface area contributed by atoms with Crippen LogP contribution in [-0.2, 0) is 16.1 Å². The number of aliphatic hydroxyl groups is 1. The van der Waals surface area contributed by atoms with Crippen LogP contribution in [0.3, 0.4) is 0 Å². The highest BCUT2D eigenvalue weighted by Crippen LogP contribution is 2.42. The second kappa shape index (κ2) is 7.71. The fourth-order valence-corrected chi connectivity index (χ4v) is 4.04. The number of hydrogen-bond acceptors (Lipinski definition) is 4. The van der Waals surface area contributed by atoms with Crippen LogP contribution in [0, 0.1) is 5.92 Å². The first-order chi connectivity index (χ1) is 14.4. The third-order valence-corrected chi connectivity index (χ3v) is 5.54. The van der Waals surface area contributed by atoms with Crippen LogP contribution in [0.15, 0.2) is 66.1 Å². The van der Waals surface area contributed by atoms with Crippen LogP contribution in [0.2, 0.25) is 0 Å². The number of H-pyrrole nitrogens is 1. The summed E-state index contributed by atoms with van der Waals surface area (Å²) in [5, 5.41) is 11.6. The van der Waals surface area contributed by atoms with Crippen LogP contribution < -0.4 is 4.74 Å². The van der Waals surface area contributed by atoms with Gasteiger partial charge in [-0.1, -0.05) is 50.2 Å². The number of amides is 1. The van der Waals surface area contributed by atoms with Gasteiger partial charge in [0.2, 0.25) is 0 Å². The van der Waals surface area contributed by atoms with E-state index >= 15 is 0 Å². The fraction of sp³-hybridized carbons (Fsp3) is 0.250. The zero-order valence-corrected chi connectivity index (χ0v) is 17.2. The zero-order valence-electron chi connectivity index (χ0n) is 17.2. The average molecular weight is 404 g/mol. The summed E-state index contributed by atoms with van der Waals surface area (Å²) in [6.45, 7) is 3.73. The van der Waals surface area contributed by atoms with Crippen molar-refractivity contribution in [2.75, 3.05) is 7.11 Å². The van der Waals surface area contributed by atoms with Crippen molar-refractivity contribution in [3.8, 4) is 5.75 Å². The normalized spacial score (nSPS) is 16.7. The van der Waals surface area contributed by atoms with E-state index in [-0.39, 0.29) is 23.8 Å². The second-order valence-electron chi connectivity index (χ2n) is 7.72. The molecule has 4 rings (SSSR count). The van der Waals surface area contributed by atoms with Crippen molar-refractivity contribution in [2.24, 2.45) is 5.92 Å². The lowest BCUT2D eigenvalue weighted by Gasteiger charge is -2.27. The third kappa shape index (κ3) is 3.14. The predicted molar refractivity (Wildman–Crippen MR) is 114 cm³/mol. The Morgan fingerprint density at radius 1 is 1.17 bits per heavy atom. The summed E-state index contributed by atoms with van der Waals surface area (Å²) < 4.78 is 5.44. The number of aliphatic hydroxyl groups excluding tert-OH is 1. The molecule has 1 aliphatic heterocycles. The van der Waals surface area contributed by atoms with Crippen molar-refractivity contribution < 1.29 is 19.4 Å². The van der Waals surface area contributed by atoms with Gasteiger partial charge in [0, 0.05) is 34.1 Å². The average Bonchev–Trinajstić information content (AvgIpc) is 3.28. The summed E-state index contributed by atoms with van der Waals surface area (Å²) >= 11 is 0. The number of ether oxygens (including phenoxy) is 1. The van der Waals surface area contributed by atoms with Crippen molar-refractivity contribution in [1.29, 1.82) is 0 Å². The van der Waals surface area contributed by atoms with Gasteiger partial charge in [-0.3, -0.25) is 9.59 Å². The number of fused-ring (bicyclic) bond motifs is 1. The maximum Gasteiger partial charge on any atom is 0.290 e. The molecule has 2 heterocycles. The number of hydrogen-bond donors (Lipinski definition) is 2. The third-order valence-electron chi connectivity index (χ3n) is 5.54. The molecule has 0 aliphatic carbocycles. The summed E-state index contributed by atoms with van der Waals surface area (Å²) in [6, 6.07) is 14.4. The molecule has 0 bridgehead atoms. The number of methoxy groups -OCH3 is 1. The Balaban J connectivity index is 1.86. The van der Waals surface area contributed by atoms with Crippen LogP contribution in [0.25, 0.3) is 10.9 Å². The van der Waals surface area contributed by atoms with Crippen LogP contribution in [0.4, 0.5) is 0 Å². The Morgan fingerprint density at radius 2 is 1.87 bits per heavy atom. The molecule has 2 N–H and O–H groups in total. The number of carbonyl (C=O) groups is 2. The lowest BCUT2D eigenvalue weighted by Crippen LogP contribution is -2.31. The molecule has 1 unspecified atom stereocenters. The molecule has 30 heavy (non-hydrogen) atoms. The maximum absolute atomic E-state index is 13.1. The van der Waals surface area contributed by atoms with E-state index in [9.17, 15) is 14.7 Å². The van der Waals surface area contributed by atoms with Crippen LogP contribution >= 0.6 is 0 Å². The molecule has 1 aliphatic rings. The molecule has 6 nitrogen and oxygen atoms in total. The van der Waals surface area contributed by atoms with E-state index in [1.54, 1.807) is 25.9 Å². The van der Waals surface area contributed by atoms with Gasteiger partial charge in [0.1, 0.15) is 5.75 Å². The highest BCUT2D eigenvalue weighted by atomic mass is 16.5. The van der Waals surface area contributed by atoms with E-state index in [1.807, 2.05) is 54.7 Å². The summed E-state index contributed by atoms with van der Waals surface area (Å²) in [4.78, 5) is 30.9. The van der Waals surface area contributed by atoms with Gasteiger partial charge < -0.3 is 19.7 Å². The molecule has 0 fully saturated rings. The Kier molecular flexibility index (Phi) is 5.08. The van der Waals surface area contributed by atoms with Gasteiger partial charge in [-0.25, -0.2) is 0 Å². The van der Waals surface area contributed by atoms with Crippen molar-refractivity contribution in [3.05, 3.63) is 77.2 Å². The first-order valence-corrected chi connectivity index (χ1v) is 9.90. The summed E-state index contributed by atoms with van der Waals surface area (Å²) in [7, 11) is 1.57. The van der Waals surface area contributed by atoms with Gasteiger partial charge in [-0.2, -0.15) is 0 Å². The minimum atomic E-state index is -0.687. The number of ketones is 1. The number of carbonyl (C=O) groups excluding carboxylic acids is 2. The quantitative estimate of drug-likeness (QED) is 0.642. The SMILES string of the molecule is COc1ccccc1CN1C(=O)C(O)=C(C(=O)C(C)C)C1c1c[nH]c2ccccc12. The fourth-order valence-electron chi connectivity index (χ4n) is 4.04. The van der Waals surface area contributed by atoms with Gasteiger partial charge in [0.25, 0.3) is 5.91 Å². The smallest absolute Gasteiger partial charge is 0.290 e. The highest BCUT2D eigenvalue weighted by Gasteiger charge is 2.44. The number of nitrogens with zero attached hydrogens (tertiary/aromatic N) is 1. The molecule has 0 saturated carbocycles. The lowest BCUT2D eigenvalue weighted by atomic mass is 9.91. The van der Waals surface area contributed by atoms with E-state index in [2.05, 4.69) is 4.98 Å². The maximum atomic E-state index is 13.1.